The molecule has 2 nitrogen and oxygen atoms in total. The maximum absolute atomic E-state index is 3.65. The van der Waals surface area contributed by atoms with E-state index in [4.69, 9.17) is 0 Å². The van der Waals surface area contributed by atoms with Gasteiger partial charge in [-0.15, -0.1) is 0 Å². The SMILES string of the molecule is CCC(C)c1ccc(C(NC)C2CCCCN2)cc1. The first kappa shape index (κ1) is 14.5. The monoisotopic (exact) mass is 260 g/mol. The highest BCUT2D eigenvalue weighted by molar-refractivity contribution is 5.28. The zero-order valence-corrected chi connectivity index (χ0v) is 12.6. The number of rotatable bonds is 5. The van der Waals surface area contributed by atoms with Gasteiger partial charge in [-0.05, 0) is 49.9 Å². The zero-order valence-electron chi connectivity index (χ0n) is 12.6. The van der Waals surface area contributed by atoms with E-state index in [0.29, 0.717) is 18.0 Å². The van der Waals surface area contributed by atoms with Crippen LogP contribution in [-0.2, 0) is 0 Å². The van der Waals surface area contributed by atoms with Gasteiger partial charge in [0.2, 0.25) is 0 Å². The lowest BCUT2D eigenvalue weighted by Crippen LogP contribution is -2.43. The largest absolute Gasteiger partial charge is 0.312 e. The lowest BCUT2D eigenvalue weighted by atomic mass is 9.90. The molecule has 1 aliphatic rings. The van der Waals surface area contributed by atoms with E-state index in [1.165, 1.54) is 36.8 Å². The molecule has 3 unspecified atom stereocenters. The van der Waals surface area contributed by atoms with Gasteiger partial charge in [-0.3, -0.25) is 0 Å². The Balaban J connectivity index is 2.09. The van der Waals surface area contributed by atoms with E-state index in [9.17, 15) is 0 Å². The number of benzene rings is 1. The minimum Gasteiger partial charge on any atom is -0.312 e. The molecule has 1 fully saturated rings. The molecule has 0 amide bonds. The van der Waals surface area contributed by atoms with E-state index in [0.717, 1.165) is 6.54 Å². The van der Waals surface area contributed by atoms with E-state index in [-0.39, 0.29) is 0 Å². The van der Waals surface area contributed by atoms with Gasteiger partial charge in [0.1, 0.15) is 0 Å². The number of hydrogen-bond acceptors (Lipinski definition) is 2. The van der Waals surface area contributed by atoms with Crippen LogP contribution in [0.3, 0.4) is 0 Å². The lowest BCUT2D eigenvalue weighted by molar-refractivity contribution is 0.326. The topological polar surface area (TPSA) is 24.1 Å². The first-order valence-corrected chi connectivity index (χ1v) is 7.76. The fourth-order valence-corrected chi connectivity index (χ4v) is 3.03. The van der Waals surface area contributed by atoms with Gasteiger partial charge in [0.25, 0.3) is 0 Å². The van der Waals surface area contributed by atoms with Gasteiger partial charge in [0, 0.05) is 12.1 Å². The van der Waals surface area contributed by atoms with Crippen LogP contribution in [0.25, 0.3) is 0 Å². The molecule has 3 atom stereocenters. The van der Waals surface area contributed by atoms with Crippen LogP contribution >= 0.6 is 0 Å². The van der Waals surface area contributed by atoms with Gasteiger partial charge >= 0.3 is 0 Å². The Morgan fingerprint density at radius 3 is 2.42 bits per heavy atom. The van der Waals surface area contributed by atoms with Crippen LogP contribution in [0.5, 0.6) is 0 Å². The number of likely N-dealkylation sites (N-methyl/N-ethyl adjacent to an activating group) is 1. The molecule has 2 N–H and O–H groups in total. The summed E-state index contributed by atoms with van der Waals surface area (Å²) in [5, 5.41) is 7.14. The molecule has 1 heterocycles. The van der Waals surface area contributed by atoms with Crippen molar-refractivity contribution in [2.75, 3.05) is 13.6 Å². The van der Waals surface area contributed by atoms with E-state index in [2.05, 4.69) is 55.8 Å². The van der Waals surface area contributed by atoms with Gasteiger partial charge in [-0.25, -0.2) is 0 Å². The Morgan fingerprint density at radius 2 is 1.89 bits per heavy atom. The Morgan fingerprint density at radius 1 is 1.21 bits per heavy atom. The van der Waals surface area contributed by atoms with Gasteiger partial charge in [0.15, 0.2) is 0 Å². The average Bonchev–Trinajstić information content (AvgIpc) is 2.49. The van der Waals surface area contributed by atoms with Crippen molar-refractivity contribution in [3.05, 3.63) is 35.4 Å². The summed E-state index contributed by atoms with van der Waals surface area (Å²) in [6, 6.07) is 10.2. The average molecular weight is 260 g/mol. The summed E-state index contributed by atoms with van der Waals surface area (Å²) in [6.07, 6.45) is 5.15. The smallest absolute Gasteiger partial charge is 0.0473 e. The highest BCUT2D eigenvalue weighted by Crippen LogP contribution is 2.25. The van der Waals surface area contributed by atoms with Crippen molar-refractivity contribution in [3.8, 4) is 0 Å². The number of piperidine rings is 1. The van der Waals surface area contributed by atoms with Crippen LogP contribution in [0, 0.1) is 0 Å². The molecule has 0 radical (unpaired) electrons. The molecule has 2 heteroatoms. The van der Waals surface area contributed by atoms with Crippen LogP contribution < -0.4 is 10.6 Å². The van der Waals surface area contributed by atoms with Crippen LogP contribution in [0.1, 0.15) is 62.6 Å². The normalized spacial score (nSPS) is 23.0. The summed E-state index contributed by atoms with van der Waals surface area (Å²) in [5.41, 5.74) is 2.87. The first-order chi connectivity index (χ1) is 9.26. The van der Waals surface area contributed by atoms with Gasteiger partial charge in [-0.2, -0.15) is 0 Å². The highest BCUT2D eigenvalue weighted by Gasteiger charge is 2.23. The molecule has 19 heavy (non-hydrogen) atoms. The summed E-state index contributed by atoms with van der Waals surface area (Å²) in [5.74, 6) is 0.662. The fraction of sp³-hybridized carbons (Fsp3) is 0.647. The van der Waals surface area contributed by atoms with E-state index in [1.807, 2.05) is 0 Å². The van der Waals surface area contributed by atoms with Crippen LogP contribution in [0.2, 0.25) is 0 Å². The molecule has 1 aromatic rings. The maximum atomic E-state index is 3.65. The summed E-state index contributed by atoms with van der Waals surface area (Å²) < 4.78 is 0. The van der Waals surface area contributed by atoms with Gasteiger partial charge < -0.3 is 10.6 Å². The lowest BCUT2D eigenvalue weighted by Gasteiger charge is -2.31. The van der Waals surface area contributed by atoms with Crippen molar-refractivity contribution in [1.82, 2.24) is 10.6 Å². The van der Waals surface area contributed by atoms with Crippen molar-refractivity contribution >= 4 is 0 Å². The Kier molecular flexibility index (Phi) is 5.41. The van der Waals surface area contributed by atoms with Crippen molar-refractivity contribution in [3.63, 3.8) is 0 Å². The van der Waals surface area contributed by atoms with Gasteiger partial charge in [-0.1, -0.05) is 44.5 Å². The van der Waals surface area contributed by atoms with E-state index in [1.54, 1.807) is 0 Å². The third-order valence-electron chi connectivity index (χ3n) is 4.54. The molecular formula is C17H28N2. The second-order valence-electron chi connectivity index (χ2n) is 5.80. The maximum Gasteiger partial charge on any atom is 0.0473 e. The molecule has 106 valence electrons. The third kappa shape index (κ3) is 3.58. The molecule has 0 aromatic heterocycles. The number of nitrogens with one attached hydrogen (secondary N) is 2. The van der Waals surface area contributed by atoms with Crippen LogP contribution in [-0.4, -0.2) is 19.6 Å². The first-order valence-electron chi connectivity index (χ1n) is 7.76. The van der Waals surface area contributed by atoms with E-state index >= 15 is 0 Å². The molecule has 1 aromatic carbocycles. The van der Waals surface area contributed by atoms with Crippen molar-refractivity contribution < 1.29 is 0 Å². The van der Waals surface area contributed by atoms with Crippen molar-refractivity contribution in [1.29, 1.82) is 0 Å². The Hall–Kier alpha value is -0.860. The molecule has 0 aliphatic carbocycles. The Labute approximate surface area is 118 Å². The van der Waals surface area contributed by atoms with Crippen LogP contribution in [0.4, 0.5) is 0 Å². The molecule has 0 spiro atoms. The summed E-state index contributed by atoms with van der Waals surface area (Å²) in [7, 11) is 2.07. The minimum atomic E-state index is 0.436. The zero-order chi connectivity index (χ0) is 13.7. The predicted octanol–water partition coefficient (Wildman–Crippen LogP) is 3.60. The van der Waals surface area contributed by atoms with Crippen LogP contribution in [0.15, 0.2) is 24.3 Å². The third-order valence-corrected chi connectivity index (χ3v) is 4.54. The quantitative estimate of drug-likeness (QED) is 0.845. The second kappa shape index (κ2) is 7.06. The molecule has 1 aliphatic heterocycles. The van der Waals surface area contributed by atoms with Crippen molar-refractivity contribution in [2.45, 2.75) is 57.5 Å². The Bertz CT molecular complexity index is 365. The summed E-state index contributed by atoms with van der Waals surface area (Å²) >= 11 is 0. The van der Waals surface area contributed by atoms with E-state index < -0.39 is 0 Å². The molecule has 0 saturated carbocycles. The van der Waals surface area contributed by atoms with Crippen molar-refractivity contribution in [2.24, 2.45) is 0 Å². The fourth-order valence-electron chi connectivity index (χ4n) is 3.03. The molecule has 0 bridgehead atoms. The summed E-state index contributed by atoms with van der Waals surface area (Å²) in [6.45, 7) is 5.71. The molecule has 2 rings (SSSR count). The predicted molar refractivity (Wildman–Crippen MR) is 82.6 cm³/mol. The second-order valence-corrected chi connectivity index (χ2v) is 5.80. The molecular weight excluding hydrogens is 232 g/mol. The van der Waals surface area contributed by atoms with Gasteiger partial charge in [0.05, 0.1) is 0 Å². The number of hydrogen-bond donors (Lipinski definition) is 2. The highest BCUT2D eigenvalue weighted by atomic mass is 15.0. The summed E-state index contributed by atoms with van der Waals surface area (Å²) in [4.78, 5) is 0. The standard InChI is InChI=1S/C17H28N2/c1-4-13(2)14-8-10-15(11-9-14)17(18-3)16-7-5-6-12-19-16/h8-11,13,16-19H,4-7,12H2,1-3H3. The minimum absolute atomic E-state index is 0.436. The molecule has 1 saturated heterocycles.